The molecule has 0 heterocycles. The van der Waals surface area contributed by atoms with Crippen LogP contribution in [0.3, 0.4) is 0 Å². The fraction of sp³-hybridized carbons (Fsp3) is 0.900. The number of carbonyl (C=O) groups is 1. The van der Waals surface area contributed by atoms with Gasteiger partial charge in [0.25, 0.3) is 0 Å². The largest absolute Gasteiger partial charge is 0.481 e. The van der Waals surface area contributed by atoms with E-state index in [1.54, 1.807) is 0 Å². The van der Waals surface area contributed by atoms with Crippen molar-refractivity contribution in [3.05, 3.63) is 0 Å². The Morgan fingerprint density at radius 1 is 1.43 bits per heavy atom. The van der Waals surface area contributed by atoms with Crippen LogP contribution in [-0.2, 0) is 9.53 Å². The van der Waals surface area contributed by atoms with Crippen LogP contribution in [0, 0.1) is 5.92 Å². The number of rotatable bonds is 6. The van der Waals surface area contributed by atoms with Crippen molar-refractivity contribution in [2.75, 3.05) is 13.2 Å². The molecule has 0 saturated heterocycles. The molecule has 0 saturated carbocycles. The van der Waals surface area contributed by atoms with Crippen molar-refractivity contribution < 1.29 is 14.6 Å². The highest BCUT2D eigenvalue weighted by Crippen LogP contribution is 2.12. The Hall–Kier alpha value is -0.610. The lowest BCUT2D eigenvalue weighted by Crippen LogP contribution is -2.24. The van der Waals surface area contributed by atoms with E-state index in [1.807, 2.05) is 20.8 Å². The summed E-state index contributed by atoms with van der Waals surface area (Å²) in [6, 6.07) is 0. The minimum absolute atomic E-state index is 0.203. The topological polar surface area (TPSA) is 72.5 Å². The minimum Gasteiger partial charge on any atom is -0.481 e. The third-order valence-corrected chi connectivity index (χ3v) is 1.87. The molecule has 84 valence electrons. The van der Waals surface area contributed by atoms with Crippen LogP contribution in [-0.4, -0.2) is 29.8 Å². The highest BCUT2D eigenvalue weighted by atomic mass is 16.5. The number of carboxylic acids is 1. The average molecular weight is 203 g/mol. The lowest BCUT2D eigenvalue weighted by molar-refractivity contribution is -0.143. The van der Waals surface area contributed by atoms with Gasteiger partial charge in [-0.1, -0.05) is 0 Å². The van der Waals surface area contributed by atoms with E-state index in [9.17, 15) is 4.79 Å². The Kier molecular flexibility index (Phi) is 5.72. The first-order chi connectivity index (χ1) is 6.37. The van der Waals surface area contributed by atoms with Gasteiger partial charge in [-0.3, -0.25) is 4.79 Å². The van der Waals surface area contributed by atoms with Crippen LogP contribution in [0.2, 0.25) is 0 Å². The van der Waals surface area contributed by atoms with Crippen LogP contribution >= 0.6 is 0 Å². The van der Waals surface area contributed by atoms with Gasteiger partial charge in [-0.25, -0.2) is 0 Å². The van der Waals surface area contributed by atoms with Gasteiger partial charge >= 0.3 is 5.97 Å². The van der Waals surface area contributed by atoms with E-state index >= 15 is 0 Å². The van der Waals surface area contributed by atoms with Gasteiger partial charge in [-0.2, -0.15) is 0 Å². The molecule has 0 aromatic heterocycles. The molecule has 1 atom stereocenters. The SMILES string of the molecule is CC(C)(C)OCCC(CCN)C(=O)O. The van der Waals surface area contributed by atoms with Crippen LogP contribution in [0.15, 0.2) is 0 Å². The molecule has 0 aliphatic heterocycles. The molecule has 0 spiro atoms. The summed E-state index contributed by atoms with van der Waals surface area (Å²) in [5.74, 6) is -1.16. The number of aliphatic carboxylic acids is 1. The van der Waals surface area contributed by atoms with Crippen molar-refractivity contribution in [1.82, 2.24) is 0 Å². The van der Waals surface area contributed by atoms with Crippen molar-refractivity contribution in [2.45, 2.75) is 39.2 Å². The Morgan fingerprint density at radius 3 is 2.36 bits per heavy atom. The first-order valence-electron chi connectivity index (χ1n) is 4.93. The zero-order chi connectivity index (χ0) is 11.2. The predicted molar refractivity (Wildman–Crippen MR) is 55.1 cm³/mol. The molecule has 0 aromatic rings. The molecule has 0 bridgehead atoms. The summed E-state index contributed by atoms with van der Waals surface area (Å²) < 4.78 is 5.45. The zero-order valence-corrected chi connectivity index (χ0v) is 9.25. The summed E-state index contributed by atoms with van der Waals surface area (Å²) in [7, 11) is 0. The molecule has 0 fully saturated rings. The smallest absolute Gasteiger partial charge is 0.306 e. The lowest BCUT2D eigenvalue weighted by Gasteiger charge is -2.20. The maximum atomic E-state index is 10.7. The molecule has 3 N–H and O–H groups in total. The first-order valence-corrected chi connectivity index (χ1v) is 4.93. The van der Waals surface area contributed by atoms with E-state index in [0.717, 1.165) is 0 Å². The van der Waals surface area contributed by atoms with Gasteiger partial charge in [0.05, 0.1) is 11.5 Å². The number of nitrogens with two attached hydrogens (primary N) is 1. The number of ether oxygens (including phenoxy) is 1. The third kappa shape index (κ3) is 6.86. The summed E-state index contributed by atoms with van der Waals surface area (Å²) in [4.78, 5) is 10.7. The molecule has 4 heteroatoms. The summed E-state index contributed by atoms with van der Waals surface area (Å²) in [6.45, 7) is 6.73. The second-order valence-electron chi connectivity index (χ2n) is 4.36. The van der Waals surface area contributed by atoms with E-state index in [0.29, 0.717) is 26.0 Å². The van der Waals surface area contributed by atoms with Crippen LogP contribution in [0.1, 0.15) is 33.6 Å². The third-order valence-electron chi connectivity index (χ3n) is 1.87. The molecule has 0 aliphatic carbocycles. The molecular formula is C10H21NO3. The maximum Gasteiger partial charge on any atom is 0.306 e. The van der Waals surface area contributed by atoms with E-state index in [1.165, 1.54) is 0 Å². The molecule has 0 rings (SSSR count). The van der Waals surface area contributed by atoms with Crippen molar-refractivity contribution in [3.8, 4) is 0 Å². The van der Waals surface area contributed by atoms with Crippen LogP contribution in [0.4, 0.5) is 0 Å². The second kappa shape index (κ2) is 5.98. The Labute approximate surface area is 85.4 Å². The fourth-order valence-corrected chi connectivity index (χ4v) is 1.10. The quantitative estimate of drug-likeness (QED) is 0.681. The summed E-state index contributed by atoms with van der Waals surface area (Å²) in [6.07, 6.45) is 1.05. The first kappa shape index (κ1) is 13.4. The normalized spacial score (nSPS) is 14.0. The number of hydrogen-bond acceptors (Lipinski definition) is 3. The standard InChI is InChI=1S/C10H21NO3/c1-10(2,3)14-7-5-8(4-6-11)9(12)13/h8H,4-7,11H2,1-3H3,(H,12,13). The predicted octanol–water partition coefficient (Wildman–Crippen LogP) is 1.24. The Morgan fingerprint density at radius 2 is 2.00 bits per heavy atom. The lowest BCUT2D eigenvalue weighted by atomic mass is 10.0. The number of carboxylic acid groups (broad SMARTS) is 1. The Bertz CT molecular complexity index is 175. The van der Waals surface area contributed by atoms with Gasteiger partial charge in [-0.05, 0) is 40.2 Å². The highest BCUT2D eigenvalue weighted by Gasteiger charge is 2.18. The molecule has 1 unspecified atom stereocenters. The van der Waals surface area contributed by atoms with Crippen LogP contribution in [0.25, 0.3) is 0 Å². The summed E-state index contributed by atoms with van der Waals surface area (Å²) in [5.41, 5.74) is 5.12. The molecule has 0 aliphatic rings. The van der Waals surface area contributed by atoms with Crippen LogP contribution in [0.5, 0.6) is 0 Å². The van der Waals surface area contributed by atoms with Gasteiger partial charge in [0, 0.05) is 6.61 Å². The van der Waals surface area contributed by atoms with E-state index in [4.69, 9.17) is 15.6 Å². The monoisotopic (exact) mass is 203 g/mol. The van der Waals surface area contributed by atoms with Crippen molar-refractivity contribution in [2.24, 2.45) is 11.7 Å². The molecular weight excluding hydrogens is 182 g/mol. The van der Waals surface area contributed by atoms with Gasteiger partial charge in [0.15, 0.2) is 0 Å². The molecule has 0 radical (unpaired) electrons. The molecule has 14 heavy (non-hydrogen) atoms. The van der Waals surface area contributed by atoms with E-state index in [-0.39, 0.29) is 11.5 Å². The van der Waals surface area contributed by atoms with Gasteiger partial charge in [0.1, 0.15) is 0 Å². The molecule has 0 aromatic carbocycles. The van der Waals surface area contributed by atoms with Gasteiger partial charge in [-0.15, -0.1) is 0 Å². The van der Waals surface area contributed by atoms with Crippen molar-refractivity contribution in [1.29, 1.82) is 0 Å². The maximum absolute atomic E-state index is 10.7. The minimum atomic E-state index is -0.784. The van der Waals surface area contributed by atoms with Crippen molar-refractivity contribution in [3.63, 3.8) is 0 Å². The number of hydrogen-bond donors (Lipinski definition) is 2. The zero-order valence-electron chi connectivity index (χ0n) is 9.25. The average Bonchev–Trinajstić information content (AvgIpc) is 2.00. The van der Waals surface area contributed by atoms with Crippen molar-refractivity contribution >= 4 is 5.97 Å². The highest BCUT2D eigenvalue weighted by molar-refractivity contribution is 5.69. The van der Waals surface area contributed by atoms with Crippen LogP contribution < -0.4 is 5.73 Å². The van der Waals surface area contributed by atoms with E-state index < -0.39 is 5.97 Å². The molecule has 4 nitrogen and oxygen atoms in total. The summed E-state index contributed by atoms with van der Waals surface area (Å²) >= 11 is 0. The Balaban J connectivity index is 3.77. The van der Waals surface area contributed by atoms with Gasteiger partial charge in [0.2, 0.25) is 0 Å². The van der Waals surface area contributed by atoms with Gasteiger partial charge < -0.3 is 15.6 Å². The second-order valence-corrected chi connectivity index (χ2v) is 4.36. The molecule has 0 amide bonds. The van der Waals surface area contributed by atoms with E-state index in [2.05, 4.69) is 0 Å². The fourth-order valence-electron chi connectivity index (χ4n) is 1.10. The summed E-state index contributed by atoms with van der Waals surface area (Å²) in [5, 5.41) is 8.82.